The maximum Gasteiger partial charge on any atom is 0.274 e. The molecule has 66 valence electrons. The van der Waals surface area contributed by atoms with E-state index in [9.17, 15) is 14.4 Å². The van der Waals surface area contributed by atoms with Crippen molar-refractivity contribution in [2.75, 3.05) is 0 Å². The molecule has 3 nitrogen and oxygen atoms in total. The Balaban J connectivity index is 3.35. The van der Waals surface area contributed by atoms with E-state index in [1.54, 1.807) is 0 Å². The quantitative estimate of drug-likeness (QED) is 0.688. The molecule has 2 aromatic rings. The summed E-state index contributed by atoms with van der Waals surface area (Å²) in [6.45, 7) is 0. The van der Waals surface area contributed by atoms with Gasteiger partial charge in [0.1, 0.15) is 0 Å². The second-order valence-corrected chi connectivity index (χ2v) is 6.04. The molecule has 0 N–H and O–H groups in total. The monoisotopic (exact) mass is 322 g/mol. The lowest BCUT2D eigenvalue weighted by atomic mass is 10.4. The third-order valence-electron chi connectivity index (χ3n) is 1.69. The summed E-state index contributed by atoms with van der Waals surface area (Å²) in [4.78, 5) is 33.4. The molecular formula is C7Br2O3S. The van der Waals surface area contributed by atoms with E-state index in [-0.39, 0.29) is 10.8 Å². The first-order valence-corrected chi connectivity index (χ1v) is 5.55. The molecule has 0 aliphatic carbocycles. The number of thiophene rings is 1. The van der Waals surface area contributed by atoms with Crippen LogP contribution in [0.5, 0.6) is 0 Å². The van der Waals surface area contributed by atoms with Gasteiger partial charge in [-0.1, -0.05) is 0 Å². The molecule has 0 fully saturated rings. The third-order valence-corrected chi connectivity index (χ3v) is 4.22. The van der Waals surface area contributed by atoms with E-state index in [1.807, 2.05) is 0 Å². The molecule has 0 bridgehead atoms. The highest BCUT2D eigenvalue weighted by atomic mass is 79.9. The molecule has 1 aromatic carbocycles. The molecule has 0 saturated carbocycles. The van der Waals surface area contributed by atoms with Crippen LogP contribution in [0.1, 0.15) is 0 Å². The minimum absolute atomic E-state index is 0.201. The molecule has 0 atom stereocenters. The fourth-order valence-corrected chi connectivity index (χ4v) is 4.24. The van der Waals surface area contributed by atoms with Crippen LogP contribution in [0.25, 0.3) is 10.8 Å². The largest absolute Gasteiger partial charge is 0.285 e. The Labute approximate surface area is 92.0 Å². The number of rotatable bonds is 0. The minimum atomic E-state index is -0.945. The summed E-state index contributed by atoms with van der Waals surface area (Å²) in [6.07, 6.45) is 0. The second kappa shape index (κ2) is 2.83. The predicted molar refractivity (Wildman–Crippen MR) is 58.4 cm³/mol. The molecule has 0 radical (unpaired) electrons. The zero-order valence-corrected chi connectivity index (χ0v) is 9.88. The molecule has 0 saturated heterocycles. The summed E-state index contributed by atoms with van der Waals surface area (Å²) in [5.41, 5.74) is -2.37. The lowest BCUT2D eigenvalue weighted by Gasteiger charge is -1.72. The van der Waals surface area contributed by atoms with E-state index in [4.69, 9.17) is 0 Å². The number of halogens is 2. The smallest absolute Gasteiger partial charge is 0.274 e. The molecule has 0 unspecified atom stereocenters. The fourth-order valence-electron chi connectivity index (χ4n) is 1.11. The van der Waals surface area contributed by atoms with Crippen LogP contribution in [0.3, 0.4) is 0 Å². The molecule has 1 aromatic heterocycles. The molecule has 0 spiro atoms. The van der Waals surface area contributed by atoms with Crippen LogP contribution in [0.4, 0.5) is 0 Å². The van der Waals surface area contributed by atoms with Crippen LogP contribution < -0.4 is 16.3 Å². The maximum absolute atomic E-state index is 11.2. The van der Waals surface area contributed by atoms with Crippen molar-refractivity contribution in [1.29, 1.82) is 0 Å². The van der Waals surface area contributed by atoms with Crippen molar-refractivity contribution >= 4 is 54.0 Å². The van der Waals surface area contributed by atoms with Gasteiger partial charge in [0.15, 0.2) is 0 Å². The molecule has 1 heterocycles. The van der Waals surface area contributed by atoms with Crippen molar-refractivity contribution in [3.63, 3.8) is 0 Å². The van der Waals surface area contributed by atoms with E-state index in [2.05, 4.69) is 31.9 Å². The van der Waals surface area contributed by atoms with Crippen LogP contribution in [-0.2, 0) is 0 Å². The van der Waals surface area contributed by atoms with E-state index in [0.717, 1.165) is 0 Å². The van der Waals surface area contributed by atoms with Crippen molar-refractivity contribution in [2.24, 2.45) is 0 Å². The number of fused-ring (bicyclic) bond motifs is 1. The average molecular weight is 324 g/mol. The van der Waals surface area contributed by atoms with Crippen molar-refractivity contribution in [1.82, 2.24) is 0 Å². The topological polar surface area (TPSA) is 51.2 Å². The van der Waals surface area contributed by atoms with Gasteiger partial charge in [-0.15, -0.1) is 11.3 Å². The molecular weight excluding hydrogens is 324 g/mol. The van der Waals surface area contributed by atoms with Crippen LogP contribution >= 0.6 is 43.2 Å². The van der Waals surface area contributed by atoms with Gasteiger partial charge in [-0.2, -0.15) is 0 Å². The Morgan fingerprint density at radius 3 is 1.54 bits per heavy atom. The Hall–Kier alpha value is -0.330. The molecule has 0 aliphatic rings. The standard InChI is InChI=1S/C7Br2O3S/c8-6-1-2(7(9)13-6)4(11)5(12)3(1)10. The van der Waals surface area contributed by atoms with Crippen molar-refractivity contribution in [2.45, 2.75) is 0 Å². The molecule has 0 aliphatic heterocycles. The van der Waals surface area contributed by atoms with E-state index >= 15 is 0 Å². The first-order valence-electron chi connectivity index (χ1n) is 3.15. The Morgan fingerprint density at radius 1 is 0.769 bits per heavy atom. The summed E-state index contributed by atoms with van der Waals surface area (Å²) in [5, 5.41) is 0.402. The normalized spacial score (nSPS) is 11.2. The molecule has 0 amide bonds. The van der Waals surface area contributed by atoms with Gasteiger partial charge in [-0.25, -0.2) is 0 Å². The minimum Gasteiger partial charge on any atom is -0.285 e. The Kier molecular flexibility index (Phi) is 2.01. The molecule has 13 heavy (non-hydrogen) atoms. The number of hydrogen-bond acceptors (Lipinski definition) is 4. The number of hydrogen-bond donors (Lipinski definition) is 0. The van der Waals surface area contributed by atoms with Gasteiger partial charge in [0.05, 0.1) is 18.3 Å². The Bertz CT molecular complexity index is 582. The summed E-state index contributed by atoms with van der Waals surface area (Å²) >= 11 is 7.47. The predicted octanol–water partition coefficient (Wildman–Crippen LogP) is 1.38. The van der Waals surface area contributed by atoms with Crippen molar-refractivity contribution in [3.05, 3.63) is 38.2 Å². The van der Waals surface area contributed by atoms with Gasteiger partial charge >= 0.3 is 0 Å². The van der Waals surface area contributed by atoms with E-state index in [1.165, 1.54) is 11.3 Å². The van der Waals surface area contributed by atoms with Crippen molar-refractivity contribution in [3.8, 4) is 0 Å². The van der Waals surface area contributed by atoms with Gasteiger partial charge in [0.25, 0.3) is 5.43 Å². The third kappa shape index (κ3) is 1.09. The van der Waals surface area contributed by atoms with Gasteiger partial charge in [-0.3, -0.25) is 14.4 Å². The van der Waals surface area contributed by atoms with Gasteiger partial charge in [0, 0.05) is 0 Å². The zero-order chi connectivity index (χ0) is 9.75. The highest BCUT2D eigenvalue weighted by Crippen LogP contribution is 2.35. The highest BCUT2D eigenvalue weighted by Gasteiger charge is 2.20. The fraction of sp³-hybridized carbons (Fsp3) is 0. The lowest BCUT2D eigenvalue weighted by molar-refractivity contribution is 1.55. The van der Waals surface area contributed by atoms with Gasteiger partial charge < -0.3 is 0 Å². The second-order valence-electron chi connectivity index (χ2n) is 2.39. The van der Waals surface area contributed by atoms with E-state index < -0.39 is 16.3 Å². The zero-order valence-electron chi connectivity index (χ0n) is 5.89. The lowest BCUT2D eigenvalue weighted by Crippen LogP contribution is -2.29. The van der Waals surface area contributed by atoms with Crippen LogP contribution in [0.15, 0.2) is 22.0 Å². The average Bonchev–Trinajstić information content (AvgIpc) is 2.47. The van der Waals surface area contributed by atoms with Crippen LogP contribution in [-0.4, -0.2) is 0 Å². The van der Waals surface area contributed by atoms with E-state index in [0.29, 0.717) is 7.57 Å². The van der Waals surface area contributed by atoms with Gasteiger partial charge in [-0.05, 0) is 31.9 Å². The summed E-state index contributed by atoms with van der Waals surface area (Å²) in [7, 11) is 0. The SMILES string of the molecule is O=c1c(=O)c2c(Br)sc(Br)c2c1=O. The Morgan fingerprint density at radius 2 is 1.15 bits per heavy atom. The maximum atomic E-state index is 11.2. The molecule has 6 heteroatoms. The highest BCUT2D eigenvalue weighted by molar-refractivity contribution is 9.12. The van der Waals surface area contributed by atoms with Crippen molar-refractivity contribution < 1.29 is 0 Å². The first kappa shape index (κ1) is 9.23. The first-order chi connectivity index (χ1) is 6.04. The summed E-state index contributed by atoms with van der Waals surface area (Å²) < 4.78 is 1.05. The van der Waals surface area contributed by atoms with Crippen LogP contribution in [0, 0.1) is 0 Å². The summed E-state index contributed by atoms with van der Waals surface area (Å²) in [6, 6.07) is 0. The van der Waals surface area contributed by atoms with Crippen LogP contribution in [0.2, 0.25) is 0 Å². The van der Waals surface area contributed by atoms with Gasteiger partial charge in [0.2, 0.25) is 10.9 Å². The summed E-state index contributed by atoms with van der Waals surface area (Å²) in [5.74, 6) is 0. The molecule has 2 rings (SSSR count).